The van der Waals surface area contributed by atoms with Crippen molar-refractivity contribution in [2.75, 3.05) is 16.4 Å². The highest BCUT2D eigenvalue weighted by Gasteiger charge is 2.33. The molecule has 144 valence electrons. The van der Waals surface area contributed by atoms with Crippen molar-refractivity contribution in [2.24, 2.45) is 10.2 Å². The molecule has 0 atom stereocenters. The average molecular weight is 440 g/mol. The molecule has 5 N–H and O–H groups in total. The normalized spacial score (nSPS) is 13.8. The van der Waals surface area contributed by atoms with E-state index in [1.165, 1.54) is 0 Å². The Morgan fingerprint density at radius 3 is 2.00 bits per heavy atom. The minimum Gasteiger partial charge on any atom is -0.399 e. The van der Waals surface area contributed by atoms with Gasteiger partial charge in [-0.15, -0.1) is 49.6 Å². The van der Waals surface area contributed by atoms with Crippen molar-refractivity contribution in [2.45, 2.75) is 19.4 Å². The van der Waals surface area contributed by atoms with Crippen LogP contribution in [0.2, 0.25) is 0 Å². The van der Waals surface area contributed by atoms with Crippen LogP contribution in [-0.4, -0.2) is 11.4 Å². The highest BCUT2D eigenvalue weighted by Crippen LogP contribution is 2.40. The molecule has 2 aromatic carbocycles. The molecular weight excluding hydrogens is 418 g/mol. The van der Waals surface area contributed by atoms with Crippen LogP contribution in [0.3, 0.4) is 0 Å². The molecule has 0 spiro atoms. The number of azo groups is 1. The summed E-state index contributed by atoms with van der Waals surface area (Å²) in [6.07, 6.45) is 0. The van der Waals surface area contributed by atoms with Crippen LogP contribution in [0.15, 0.2) is 52.7 Å². The van der Waals surface area contributed by atoms with Gasteiger partial charge in [0.25, 0.3) is 0 Å². The van der Waals surface area contributed by atoms with Crippen LogP contribution in [0, 0.1) is 5.41 Å². The number of hydrogen-bond acceptors (Lipinski definition) is 5. The van der Waals surface area contributed by atoms with Crippen LogP contribution in [0.4, 0.5) is 28.4 Å². The first kappa shape index (κ1) is 26.5. The van der Waals surface area contributed by atoms with E-state index in [1.807, 2.05) is 49.1 Å². The summed E-state index contributed by atoms with van der Waals surface area (Å²) in [6, 6.07) is 12.8. The van der Waals surface area contributed by atoms with E-state index < -0.39 is 5.54 Å². The van der Waals surface area contributed by atoms with E-state index in [0.29, 0.717) is 22.9 Å². The molecule has 0 saturated heterocycles. The average Bonchev–Trinajstić information content (AvgIpc) is 2.57. The summed E-state index contributed by atoms with van der Waals surface area (Å²) in [7, 11) is 0. The number of fused-ring (bicyclic) bond motifs is 1. The predicted molar refractivity (Wildman–Crippen MR) is 119 cm³/mol. The Labute approximate surface area is 177 Å². The van der Waals surface area contributed by atoms with Crippen molar-refractivity contribution in [1.82, 2.24) is 0 Å². The Morgan fingerprint density at radius 2 is 1.42 bits per heavy atom. The third-order valence-electron chi connectivity index (χ3n) is 3.60. The van der Waals surface area contributed by atoms with Crippen LogP contribution < -0.4 is 16.4 Å². The van der Waals surface area contributed by atoms with Crippen LogP contribution in [0.5, 0.6) is 0 Å². The van der Waals surface area contributed by atoms with Crippen molar-refractivity contribution in [3.63, 3.8) is 0 Å². The monoisotopic (exact) mass is 438 g/mol. The fraction of sp³-hybridized carbons (Fsp3) is 0.188. The lowest BCUT2D eigenvalue weighted by Crippen LogP contribution is -2.40. The zero-order valence-corrected chi connectivity index (χ0v) is 17.4. The summed E-state index contributed by atoms with van der Waals surface area (Å²) in [5, 5.41) is 17.1. The van der Waals surface area contributed by atoms with Gasteiger partial charge in [0.15, 0.2) is 0 Å². The maximum atomic E-state index is 8.57. The molecule has 0 aliphatic carbocycles. The number of amidine groups is 1. The van der Waals surface area contributed by atoms with Gasteiger partial charge >= 0.3 is 0 Å². The molecule has 0 saturated carbocycles. The first-order valence-corrected chi connectivity index (χ1v) is 6.95. The second-order valence-electron chi connectivity index (χ2n) is 5.78. The number of benzene rings is 2. The minimum atomic E-state index is -0.741. The molecule has 10 heteroatoms. The molecule has 2 aromatic rings. The third kappa shape index (κ3) is 4.92. The Kier molecular flexibility index (Phi) is 10.0. The lowest BCUT2D eigenvalue weighted by molar-refractivity contribution is 0.653. The Bertz CT molecular complexity index is 777. The van der Waals surface area contributed by atoms with E-state index in [2.05, 4.69) is 10.2 Å². The molecule has 0 fully saturated rings. The van der Waals surface area contributed by atoms with Gasteiger partial charge in [0.1, 0.15) is 17.1 Å². The molecule has 0 bridgehead atoms. The second-order valence-corrected chi connectivity index (χ2v) is 5.78. The summed E-state index contributed by atoms with van der Waals surface area (Å²) >= 11 is 0. The van der Waals surface area contributed by atoms with Gasteiger partial charge in [0.05, 0.1) is 5.69 Å². The molecular formula is C16H22Cl4N6. The van der Waals surface area contributed by atoms with Gasteiger partial charge in [0, 0.05) is 17.1 Å². The first-order chi connectivity index (χ1) is 10.4. The van der Waals surface area contributed by atoms with E-state index in [-0.39, 0.29) is 49.6 Å². The Hall–Kier alpha value is -1.73. The summed E-state index contributed by atoms with van der Waals surface area (Å²) in [5.41, 5.74) is 14.4. The molecule has 0 radical (unpaired) electrons. The van der Waals surface area contributed by atoms with Crippen LogP contribution in [0.25, 0.3) is 0 Å². The molecule has 0 amide bonds. The molecule has 1 aliphatic heterocycles. The number of rotatable bonds is 1. The number of nitrogens with two attached hydrogens (primary N) is 2. The first-order valence-electron chi connectivity index (χ1n) is 6.95. The minimum absolute atomic E-state index is 0. The van der Waals surface area contributed by atoms with Gasteiger partial charge in [-0.05, 0) is 56.3 Å². The molecule has 1 heterocycles. The molecule has 1 aliphatic rings. The van der Waals surface area contributed by atoms with Gasteiger partial charge in [-0.25, -0.2) is 0 Å². The van der Waals surface area contributed by atoms with E-state index >= 15 is 0 Å². The van der Waals surface area contributed by atoms with Crippen molar-refractivity contribution in [3.8, 4) is 0 Å². The SMILES string of the molecule is CC1(C)N=Nc2cc(N)ccc2N(c2ccc(N)cc2)C1=N.Cl.Cl.Cl.Cl. The maximum absolute atomic E-state index is 8.57. The summed E-state index contributed by atoms with van der Waals surface area (Å²) in [4.78, 5) is 1.83. The number of hydrogen-bond donors (Lipinski definition) is 3. The quantitative estimate of drug-likeness (QED) is 0.508. The Balaban J connectivity index is 0. The van der Waals surface area contributed by atoms with Gasteiger partial charge in [-0.2, -0.15) is 10.2 Å². The maximum Gasteiger partial charge on any atom is 0.135 e. The summed E-state index contributed by atoms with van der Waals surface area (Å²) in [6.45, 7) is 3.72. The zero-order chi connectivity index (χ0) is 15.9. The third-order valence-corrected chi connectivity index (χ3v) is 3.60. The smallest absolute Gasteiger partial charge is 0.135 e. The number of nitrogen functional groups attached to an aromatic ring is 2. The van der Waals surface area contributed by atoms with Gasteiger partial charge in [-0.3, -0.25) is 10.3 Å². The van der Waals surface area contributed by atoms with Crippen LogP contribution >= 0.6 is 49.6 Å². The highest BCUT2D eigenvalue weighted by atomic mass is 35.5. The number of halogens is 4. The molecule has 3 rings (SSSR count). The standard InChI is InChI=1S/C16H18N6.4ClH/c1-16(2)15(19)22(12-6-3-10(17)4-7-12)14-8-5-11(18)9-13(14)20-21-16;;;;/h3-9,19H,17-18H2,1-2H3;4*1H. The topological polar surface area (TPSA) is 104 Å². The molecule has 0 unspecified atom stereocenters. The van der Waals surface area contributed by atoms with Gasteiger partial charge in [0.2, 0.25) is 0 Å². The van der Waals surface area contributed by atoms with Crippen LogP contribution in [-0.2, 0) is 0 Å². The van der Waals surface area contributed by atoms with Crippen molar-refractivity contribution >= 4 is 83.9 Å². The lowest BCUT2D eigenvalue weighted by Gasteiger charge is -2.30. The van der Waals surface area contributed by atoms with Gasteiger partial charge in [-0.1, -0.05) is 0 Å². The molecule has 6 nitrogen and oxygen atoms in total. The van der Waals surface area contributed by atoms with E-state index in [1.54, 1.807) is 12.1 Å². The van der Waals surface area contributed by atoms with Crippen molar-refractivity contribution in [1.29, 1.82) is 5.41 Å². The van der Waals surface area contributed by atoms with Crippen molar-refractivity contribution in [3.05, 3.63) is 42.5 Å². The summed E-state index contributed by atoms with van der Waals surface area (Å²) < 4.78 is 0. The van der Waals surface area contributed by atoms with Crippen molar-refractivity contribution < 1.29 is 0 Å². The number of nitrogens with one attached hydrogen (secondary N) is 1. The fourth-order valence-electron chi connectivity index (χ4n) is 2.32. The van der Waals surface area contributed by atoms with Crippen LogP contribution in [0.1, 0.15) is 13.8 Å². The zero-order valence-electron chi connectivity index (χ0n) is 14.2. The number of nitrogens with zero attached hydrogens (tertiary/aromatic N) is 3. The second kappa shape index (κ2) is 9.83. The predicted octanol–water partition coefficient (Wildman–Crippen LogP) is 5.53. The Morgan fingerprint density at radius 1 is 0.885 bits per heavy atom. The van der Waals surface area contributed by atoms with E-state index in [4.69, 9.17) is 16.9 Å². The van der Waals surface area contributed by atoms with E-state index in [0.717, 1.165) is 11.4 Å². The van der Waals surface area contributed by atoms with Gasteiger partial charge < -0.3 is 11.5 Å². The number of anilines is 4. The summed E-state index contributed by atoms with van der Waals surface area (Å²) in [5.74, 6) is 0.338. The fourth-order valence-corrected chi connectivity index (χ4v) is 2.32. The largest absolute Gasteiger partial charge is 0.399 e. The lowest BCUT2D eigenvalue weighted by atomic mass is 10.0. The molecule has 0 aromatic heterocycles. The molecule has 26 heavy (non-hydrogen) atoms. The highest BCUT2D eigenvalue weighted by molar-refractivity contribution is 6.10. The van der Waals surface area contributed by atoms with E-state index in [9.17, 15) is 0 Å².